The number of Topliss-reactive ketones (excluding diaryl/α,β-unsaturated/α-hetero) is 1. The van der Waals surface area contributed by atoms with Crippen molar-refractivity contribution >= 4 is 24.1 Å². The summed E-state index contributed by atoms with van der Waals surface area (Å²) in [6.07, 6.45) is 0.697. The van der Waals surface area contributed by atoms with Crippen molar-refractivity contribution < 1.29 is 17.6 Å². The number of hydrogen-bond acceptors (Lipinski definition) is 4. The van der Waals surface area contributed by atoms with Gasteiger partial charge < -0.3 is 4.43 Å². The van der Waals surface area contributed by atoms with Gasteiger partial charge in [0.15, 0.2) is 8.32 Å². The lowest BCUT2D eigenvalue weighted by molar-refractivity contribution is -0.118. The molecule has 0 fully saturated rings. The van der Waals surface area contributed by atoms with Crippen molar-refractivity contribution in [1.82, 2.24) is 4.31 Å². The van der Waals surface area contributed by atoms with Crippen LogP contribution in [0.4, 0.5) is 0 Å². The molecular formula is C26H37NO4SSi. The van der Waals surface area contributed by atoms with Crippen LogP contribution in [0.1, 0.15) is 56.8 Å². The van der Waals surface area contributed by atoms with Crippen LogP contribution in [0.5, 0.6) is 0 Å². The third-order valence-corrected chi connectivity index (χ3v) is 13.5. The highest BCUT2D eigenvalue weighted by atomic mass is 32.2. The van der Waals surface area contributed by atoms with Crippen LogP contribution < -0.4 is 0 Å². The molecule has 0 amide bonds. The number of fused-ring (bicyclic) bond motifs is 1. The van der Waals surface area contributed by atoms with Crippen LogP contribution in [-0.2, 0) is 25.7 Å². The number of nitrogens with zero attached hydrogens (tertiary/aromatic N) is 1. The van der Waals surface area contributed by atoms with E-state index in [1.807, 2.05) is 43.3 Å². The van der Waals surface area contributed by atoms with Gasteiger partial charge in [-0.05, 0) is 61.7 Å². The number of hydrogen-bond donors (Lipinski definition) is 0. The first-order valence-electron chi connectivity index (χ1n) is 11.6. The summed E-state index contributed by atoms with van der Waals surface area (Å²) in [7, 11) is -5.95. The van der Waals surface area contributed by atoms with Gasteiger partial charge in [0.05, 0.1) is 23.6 Å². The molecule has 2 aromatic rings. The Bertz CT molecular complexity index is 1100. The summed E-state index contributed by atoms with van der Waals surface area (Å²) < 4.78 is 36.1. The number of benzene rings is 2. The lowest BCUT2D eigenvalue weighted by Crippen LogP contribution is -2.52. The molecule has 0 saturated carbocycles. The van der Waals surface area contributed by atoms with Gasteiger partial charge in [0.1, 0.15) is 5.78 Å². The van der Waals surface area contributed by atoms with Gasteiger partial charge >= 0.3 is 0 Å². The van der Waals surface area contributed by atoms with E-state index in [1.165, 1.54) is 6.92 Å². The Morgan fingerprint density at radius 2 is 1.70 bits per heavy atom. The SMILES string of the molecule is CC(=O)CC1c2ccccc2C[C@@H](CO[Si](C)(C)C(C)(C)C)N1S(=O)(=O)c1ccc(C)cc1. The highest BCUT2D eigenvalue weighted by Gasteiger charge is 2.45. The lowest BCUT2D eigenvalue weighted by Gasteiger charge is -2.44. The average Bonchev–Trinajstić information content (AvgIpc) is 2.71. The van der Waals surface area contributed by atoms with Crippen LogP contribution in [0.3, 0.4) is 0 Å². The molecule has 0 aromatic heterocycles. The van der Waals surface area contributed by atoms with Gasteiger partial charge in [0.2, 0.25) is 10.0 Å². The summed E-state index contributed by atoms with van der Waals surface area (Å²) in [5.41, 5.74) is 2.99. The predicted octanol–water partition coefficient (Wildman–Crippen LogP) is 5.65. The topological polar surface area (TPSA) is 63.7 Å². The first kappa shape index (κ1) is 25.8. The van der Waals surface area contributed by atoms with E-state index in [0.717, 1.165) is 16.7 Å². The molecule has 1 aliphatic rings. The molecule has 5 nitrogen and oxygen atoms in total. The van der Waals surface area contributed by atoms with Crippen molar-refractivity contribution in [1.29, 1.82) is 0 Å². The normalized spacial score (nSPS) is 19.8. The van der Waals surface area contributed by atoms with Crippen LogP contribution in [0.15, 0.2) is 53.4 Å². The van der Waals surface area contributed by atoms with E-state index < -0.39 is 24.4 Å². The van der Waals surface area contributed by atoms with Gasteiger partial charge in [0.25, 0.3) is 0 Å². The third kappa shape index (κ3) is 5.48. The van der Waals surface area contributed by atoms with Crippen molar-refractivity contribution in [2.45, 2.75) is 82.6 Å². The summed E-state index contributed by atoms with van der Waals surface area (Å²) in [6, 6.07) is 13.9. The van der Waals surface area contributed by atoms with Gasteiger partial charge in [-0.1, -0.05) is 62.7 Å². The molecule has 0 aliphatic carbocycles. The molecule has 0 bridgehead atoms. The molecule has 3 rings (SSSR count). The van der Waals surface area contributed by atoms with E-state index in [4.69, 9.17) is 4.43 Å². The summed E-state index contributed by atoms with van der Waals surface area (Å²) >= 11 is 0. The fraction of sp³-hybridized carbons (Fsp3) is 0.500. The average molecular weight is 488 g/mol. The van der Waals surface area contributed by atoms with Crippen molar-refractivity contribution in [2.24, 2.45) is 0 Å². The molecule has 0 radical (unpaired) electrons. The first-order valence-corrected chi connectivity index (χ1v) is 15.9. The molecule has 1 heterocycles. The second kappa shape index (κ2) is 9.45. The lowest BCUT2D eigenvalue weighted by atomic mass is 9.88. The summed E-state index contributed by atoms with van der Waals surface area (Å²) in [5.74, 6) is -0.0372. The van der Waals surface area contributed by atoms with Crippen molar-refractivity contribution in [3.8, 4) is 0 Å². The van der Waals surface area contributed by atoms with Crippen LogP contribution in [0, 0.1) is 6.92 Å². The van der Waals surface area contributed by atoms with Gasteiger partial charge in [-0.3, -0.25) is 4.79 Å². The monoisotopic (exact) mass is 487 g/mol. The Hall–Kier alpha value is -1.80. The number of sulfonamides is 1. The second-order valence-electron chi connectivity index (χ2n) is 10.7. The molecule has 33 heavy (non-hydrogen) atoms. The van der Waals surface area contributed by atoms with E-state index in [-0.39, 0.29) is 28.2 Å². The van der Waals surface area contributed by atoms with Crippen molar-refractivity contribution in [3.63, 3.8) is 0 Å². The van der Waals surface area contributed by atoms with E-state index in [9.17, 15) is 13.2 Å². The number of aryl methyl sites for hydroxylation is 1. The Labute approximate surface area is 200 Å². The van der Waals surface area contributed by atoms with E-state index >= 15 is 0 Å². The Kier molecular flexibility index (Phi) is 7.39. The standard InChI is InChI=1S/C26H37NO4SSi/c1-19-12-14-23(15-13-19)32(29,30)27-22(18-31-33(6,7)26(3,4)5)17-21-10-8-9-11-24(21)25(27)16-20(2)28/h8-15,22,25H,16-18H2,1-7H3/t22-,25?/m0/s1. The number of rotatable bonds is 7. The highest BCUT2D eigenvalue weighted by Crippen LogP contribution is 2.41. The Morgan fingerprint density at radius 1 is 1.09 bits per heavy atom. The maximum Gasteiger partial charge on any atom is 0.243 e. The largest absolute Gasteiger partial charge is 0.415 e. The van der Waals surface area contributed by atoms with Crippen LogP contribution in [0.2, 0.25) is 18.1 Å². The Balaban J connectivity index is 2.10. The zero-order valence-corrected chi connectivity index (χ0v) is 22.7. The smallest absolute Gasteiger partial charge is 0.243 e. The van der Waals surface area contributed by atoms with E-state index in [0.29, 0.717) is 13.0 Å². The summed E-state index contributed by atoms with van der Waals surface area (Å²) in [5, 5.41) is 0.0129. The molecule has 0 saturated heterocycles. The molecule has 2 aromatic carbocycles. The molecule has 180 valence electrons. The summed E-state index contributed by atoms with van der Waals surface area (Å²) in [4.78, 5) is 12.5. The number of carbonyl (C=O) groups excluding carboxylic acids is 1. The zero-order valence-electron chi connectivity index (χ0n) is 20.9. The first-order chi connectivity index (χ1) is 15.2. The molecule has 7 heteroatoms. The number of ketones is 1. The zero-order chi connectivity index (χ0) is 24.6. The fourth-order valence-electron chi connectivity index (χ4n) is 4.10. The van der Waals surface area contributed by atoms with Crippen LogP contribution in [0.25, 0.3) is 0 Å². The maximum atomic E-state index is 14.0. The predicted molar refractivity (Wildman–Crippen MR) is 135 cm³/mol. The minimum absolute atomic E-state index is 0.0129. The number of carbonyl (C=O) groups is 1. The van der Waals surface area contributed by atoms with Crippen LogP contribution in [-0.4, -0.2) is 39.5 Å². The van der Waals surface area contributed by atoms with Gasteiger partial charge in [-0.2, -0.15) is 4.31 Å². The molecule has 2 atom stereocenters. The highest BCUT2D eigenvalue weighted by molar-refractivity contribution is 7.89. The Morgan fingerprint density at radius 3 is 2.27 bits per heavy atom. The quantitative estimate of drug-likeness (QED) is 0.473. The minimum atomic E-state index is -3.85. The molecule has 0 N–H and O–H groups in total. The van der Waals surface area contributed by atoms with Gasteiger partial charge in [0, 0.05) is 6.42 Å². The molecule has 0 spiro atoms. The van der Waals surface area contributed by atoms with Crippen LogP contribution >= 0.6 is 0 Å². The molecule has 1 aliphatic heterocycles. The molecular weight excluding hydrogens is 450 g/mol. The van der Waals surface area contributed by atoms with E-state index in [1.54, 1.807) is 16.4 Å². The van der Waals surface area contributed by atoms with Crippen molar-refractivity contribution in [2.75, 3.05) is 6.61 Å². The van der Waals surface area contributed by atoms with E-state index in [2.05, 4.69) is 33.9 Å². The molecule has 1 unspecified atom stereocenters. The van der Waals surface area contributed by atoms with Gasteiger partial charge in [-0.25, -0.2) is 8.42 Å². The third-order valence-electron chi connectivity index (χ3n) is 7.06. The summed E-state index contributed by atoms with van der Waals surface area (Å²) in [6.45, 7) is 14.6. The van der Waals surface area contributed by atoms with Crippen molar-refractivity contribution in [3.05, 3.63) is 65.2 Å². The van der Waals surface area contributed by atoms with Gasteiger partial charge in [-0.15, -0.1) is 0 Å². The maximum absolute atomic E-state index is 14.0. The fourth-order valence-corrected chi connectivity index (χ4v) is 6.92. The minimum Gasteiger partial charge on any atom is -0.415 e. The second-order valence-corrected chi connectivity index (χ2v) is 17.4.